The van der Waals surface area contributed by atoms with Crippen molar-refractivity contribution in [2.75, 3.05) is 0 Å². The summed E-state index contributed by atoms with van der Waals surface area (Å²) in [6.07, 6.45) is 21.3. The van der Waals surface area contributed by atoms with Crippen molar-refractivity contribution in [2.24, 2.45) is 11.8 Å². The molecule has 0 spiro atoms. The molecule has 6 aromatic rings. The van der Waals surface area contributed by atoms with E-state index in [0.29, 0.717) is 11.8 Å². The number of unbranched alkanes of at least 4 members (excludes halogenated alkanes) is 8. The van der Waals surface area contributed by atoms with E-state index in [-0.39, 0.29) is 0 Å². The monoisotopic (exact) mass is 662 g/mol. The standard InChI is InChI=1S/C38H54N4S3/c1-5-9-13-15-19-27(17-11-7-3)25-41-29-21-23-43-37(29)31-33-34(40-45-39-33)32-36(35(31)41)42(30-22-24-44-38(30)32)26-28(18-12-8-4)20-16-14-10-6-2/h21-24,27-28H,5-20,25-26H2,1-4H3. The highest BCUT2D eigenvalue weighted by atomic mass is 32.1. The summed E-state index contributed by atoms with van der Waals surface area (Å²) in [5, 5.41) is 7.31. The van der Waals surface area contributed by atoms with Crippen LogP contribution in [0, 0.1) is 11.8 Å². The number of nitrogens with zero attached hydrogens (tertiary/aromatic N) is 4. The highest BCUT2D eigenvalue weighted by molar-refractivity contribution is 7.19. The van der Waals surface area contributed by atoms with E-state index in [9.17, 15) is 0 Å². The van der Waals surface area contributed by atoms with Crippen LogP contribution in [0.15, 0.2) is 22.9 Å². The van der Waals surface area contributed by atoms with E-state index in [2.05, 4.69) is 59.7 Å². The van der Waals surface area contributed by atoms with Gasteiger partial charge < -0.3 is 9.13 Å². The molecule has 1 aromatic carbocycles. The molecule has 0 fully saturated rings. The Balaban J connectivity index is 1.53. The van der Waals surface area contributed by atoms with Crippen molar-refractivity contribution >= 4 is 87.7 Å². The van der Waals surface area contributed by atoms with Gasteiger partial charge in [0.15, 0.2) is 0 Å². The zero-order chi connectivity index (χ0) is 31.2. The predicted molar refractivity (Wildman–Crippen MR) is 203 cm³/mol. The average Bonchev–Trinajstić information content (AvgIpc) is 3.87. The lowest BCUT2D eigenvalue weighted by atomic mass is 9.94. The van der Waals surface area contributed by atoms with Crippen LogP contribution in [0.5, 0.6) is 0 Å². The van der Waals surface area contributed by atoms with Crippen LogP contribution in [0.4, 0.5) is 0 Å². The molecule has 0 aliphatic carbocycles. The van der Waals surface area contributed by atoms with E-state index in [1.54, 1.807) is 0 Å². The minimum absolute atomic E-state index is 0.709. The fraction of sp³-hybridized carbons (Fsp3) is 0.632. The summed E-state index contributed by atoms with van der Waals surface area (Å²) in [5.74, 6) is 1.42. The summed E-state index contributed by atoms with van der Waals surface area (Å²) in [4.78, 5) is 0. The number of hydrogen-bond acceptors (Lipinski definition) is 5. The van der Waals surface area contributed by atoms with Gasteiger partial charge in [0.25, 0.3) is 0 Å². The van der Waals surface area contributed by atoms with Crippen LogP contribution in [0.2, 0.25) is 0 Å². The predicted octanol–water partition coefficient (Wildman–Crippen LogP) is 13.6. The van der Waals surface area contributed by atoms with E-state index in [4.69, 9.17) is 8.75 Å². The molecule has 0 aliphatic heterocycles. The second-order valence-electron chi connectivity index (χ2n) is 13.6. The van der Waals surface area contributed by atoms with Crippen LogP contribution in [0.1, 0.15) is 130 Å². The summed E-state index contributed by atoms with van der Waals surface area (Å²) in [5.41, 5.74) is 7.93. The van der Waals surface area contributed by atoms with Gasteiger partial charge in [0, 0.05) is 23.9 Å². The average molecular weight is 663 g/mol. The van der Waals surface area contributed by atoms with Crippen LogP contribution in [0.3, 0.4) is 0 Å². The first-order chi connectivity index (χ1) is 22.2. The molecule has 0 N–H and O–H groups in total. The van der Waals surface area contributed by atoms with Gasteiger partial charge in [0.05, 0.1) is 43.2 Å². The molecule has 7 heteroatoms. The third kappa shape index (κ3) is 6.73. The molecule has 0 aliphatic rings. The molecular formula is C38H54N4S3. The van der Waals surface area contributed by atoms with E-state index < -0.39 is 0 Å². The van der Waals surface area contributed by atoms with E-state index in [0.717, 1.165) is 24.1 Å². The molecule has 2 unspecified atom stereocenters. The SMILES string of the molecule is CCCCCCC(CCCC)Cn1c2ccsc2c2c3nsnc3c3c4sccc4n(CC(CCCC)CCCCCC)c3c21. The Morgan fingerprint density at radius 3 is 1.40 bits per heavy atom. The highest BCUT2D eigenvalue weighted by Gasteiger charge is 2.28. The Kier molecular flexibility index (Phi) is 11.5. The first-order valence-corrected chi connectivity index (χ1v) is 20.7. The van der Waals surface area contributed by atoms with Gasteiger partial charge in [-0.25, -0.2) is 0 Å². The smallest absolute Gasteiger partial charge is 0.116 e. The molecule has 5 heterocycles. The molecule has 4 nitrogen and oxygen atoms in total. The summed E-state index contributed by atoms with van der Waals surface area (Å²) in [7, 11) is 0. The zero-order valence-electron chi connectivity index (χ0n) is 28.2. The summed E-state index contributed by atoms with van der Waals surface area (Å²) >= 11 is 5.19. The van der Waals surface area contributed by atoms with Crippen LogP contribution < -0.4 is 0 Å². The number of benzene rings is 1. The first-order valence-electron chi connectivity index (χ1n) is 18.2. The van der Waals surface area contributed by atoms with E-state index in [1.807, 2.05) is 22.7 Å². The summed E-state index contributed by atoms with van der Waals surface area (Å²) in [6, 6.07) is 4.78. The number of thiophene rings is 2. The van der Waals surface area contributed by atoms with Crippen molar-refractivity contribution in [1.82, 2.24) is 17.9 Å². The van der Waals surface area contributed by atoms with E-state index in [1.165, 1.54) is 157 Å². The minimum atomic E-state index is 0.709. The number of aromatic nitrogens is 4. The second kappa shape index (κ2) is 15.8. The topological polar surface area (TPSA) is 35.6 Å². The molecule has 6 rings (SSSR count). The van der Waals surface area contributed by atoms with Crippen molar-refractivity contribution in [2.45, 2.75) is 144 Å². The molecule has 0 amide bonds. The quantitative estimate of drug-likeness (QED) is 0.0763. The Hall–Kier alpha value is -1.96. The lowest BCUT2D eigenvalue weighted by molar-refractivity contribution is 0.368. The van der Waals surface area contributed by atoms with Crippen LogP contribution >= 0.6 is 34.4 Å². The van der Waals surface area contributed by atoms with Crippen molar-refractivity contribution in [3.63, 3.8) is 0 Å². The Bertz CT molecular complexity index is 1670. The Morgan fingerprint density at radius 1 is 0.556 bits per heavy atom. The molecule has 0 saturated carbocycles. The number of hydrogen-bond donors (Lipinski definition) is 0. The number of fused-ring (bicyclic) bond motifs is 10. The van der Waals surface area contributed by atoms with Gasteiger partial charge in [-0.2, -0.15) is 8.75 Å². The second-order valence-corrected chi connectivity index (χ2v) is 16.0. The minimum Gasteiger partial charge on any atom is -0.338 e. The Labute approximate surface area is 282 Å². The molecule has 0 radical (unpaired) electrons. The van der Waals surface area contributed by atoms with Crippen molar-refractivity contribution < 1.29 is 0 Å². The van der Waals surface area contributed by atoms with E-state index >= 15 is 0 Å². The largest absolute Gasteiger partial charge is 0.338 e. The lowest BCUT2D eigenvalue weighted by Crippen LogP contribution is -2.13. The maximum Gasteiger partial charge on any atom is 0.116 e. The van der Waals surface area contributed by atoms with Gasteiger partial charge in [-0.1, -0.05) is 105 Å². The molecule has 244 valence electrons. The first kappa shape index (κ1) is 33.0. The zero-order valence-corrected chi connectivity index (χ0v) is 30.7. The maximum atomic E-state index is 5.02. The van der Waals surface area contributed by atoms with Crippen molar-refractivity contribution in [3.8, 4) is 0 Å². The Morgan fingerprint density at radius 2 is 0.978 bits per heavy atom. The molecule has 45 heavy (non-hydrogen) atoms. The van der Waals surface area contributed by atoms with Crippen LogP contribution in [-0.4, -0.2) is 17.9 Å². The molecule has 0 bridgehead atoms. The summed E-state index contributed by atoms with van der Waals surface area (Å²) in [6.45, 7) is 11.6. The molecule has 0 saturated heterocycles. The molecular weight excluding hydrogens is 609 g/mol. The third-order valence-electron chi connectivity index (χ3n) is 10.3. The highest BCUT2D eigenvalue weighted by Crippen LogP contribution is 2.47. The van der Waals surface area contributed by atoms with Crippen LogP contribution in [0.25, 0.3) is 53.3 Å². The van der Waals surface area contributed by atoms with Gasteiger partial charge in [-0.15, -0.1) is 22.7 Å². The van der Waals surface area contributed by atoms with Crippen LogP contribution in [-0.2, 0) is 13.1 Å². The van der Waals surface area contributed by atoms with Gasteiger partial charge in [-0.3, -0.25) is 0 Å². The fourth-order valence-corrected chi connectivity index (χ4v) is 10.3. The van der Waals surface area contributed by atoms with Gasteiger partial charge in [0.1, 0.15) is 11.0 Å². The van der Waals surface area contributed by atoms with Crippen molar-refractivity contribution in [3.05, 3.63) is 22.9 Å². The maximum absolute atomic E-state index is 5.02. The van der Waals surface area contributed by atoms with Gasteiger partial charge in [0.2, 0.25) is 0 Å². The third-order valence-corrected chi connectivity index (χ3v) is 12.6. The van der Waals surface area contributed by atoms with Gasteiger partial charge in [-0.05, 0) is 60.4 Å². The molecule has 2 atom stereocenters. The lowest BCUT2D eigenvalue weighted by Gasteiger charge is -2.21. The molecule has 5 aromatic heterocycles. The summed E-state index contributed by atoms with van der Waals surface area (Å²) < 4.78 is 18.4. The fourth-order valence-electron chi connectivity index (χ4n) is 7.83. The number of rotatable bonds is 20. The van der Waals surface area contributed by atoms with Crippen molar-refractivity contribution in [1.29, 1.82) is 0 Å². The normalized spacial score (nSPS) is 13.9. The van der Waals surface area contributed by atoms with Gasteiger partial charge >= 0.3 is 0 Å².